The fourth-order valence-corrected chi connectivity index (χ4v) is 0.942. The number of hydrogen-bond donors (Lipinski definition) is 0. The fraction of sp³-hybridized carbons (Fsp3) is 0.500. The van der Waals surface area contributed by atoms with Gasteiger partial charge in [0, 0.05) is 0 Å². The predicted octanol–water partition coefficient (Wildman–Crippen LogP) is 1.45. The third-order valence-corrected chi connectivity index (χ3v) is 1.55. The maximum Gasteiger partial charge on any atom is 0.185 e. The van der Waals surface area contributed by atoms with E-state index in [9.17, 15) is 4.79 Å². The van der Waals surface area contributed by atoms with Crippen molar-refractivity contribution < 1.29 is 9.53 Å². The lowest BCUT2D eigenvalue weighted by atomic mass is 10.2. The van der Waals surface area contributed by atoms with Crippen molar-refractivity contribution in [2.75, 3.05) is 6.61 Å². The molecule has 1 aliphatic heterocycles. The van der Waals surface area contributed by atoms with Gasteiger partial charge in [0.2, 0.25) is 0 Å². The lowest BCUT2D eigenvalue weighted by molar-refractivity contribution is -0.108. The number of carbonyl (C=O) groups excluding carboxylic acids is 1. The molecule has 0 bridgehead atoms. The number of ether oxygens (including phenoxy) is 1. The average Bonchev–Trinajstić information content (AvgIpc) is 1.89. The Labute approximate surface area is 58.4 Å². The fourth-order valence-electron chi connectivity index (χ4n) is 0.709. The van der Waals surface area contributed by atoms with Crippen molar-refractivity contribution in [3.63, 3.8) is 0 Å². The standard InChI is InChI=1S/C6H7ClO2/c7-5-2-1-3-9-6(5)4-8/h4H,1-3H2. The van der Waals surface area contributed by atoms with Gasteiger partial charge in [0.05, 0.1) is 11.6 Å². The molecule has 9 heavy (non-hydrogen) atoms. The van der Waals surface area contributed by atoms with Crippen LogP contribution in [0.1, 0.15) is 12.8 Å². The maximum absolute atomic E-state index is 10.1. The third-order valence-electron chi connectivity index (χ3n) is 1.17. The first-order valence-electron chi connectivity index (χ1n) is 2.81. The van der Waals surface area contributed by atoms with Gasteiger partial charge in [-0.15, -0.1) is 0 Å². The number of halogens is 1. The van der Waals surface area contributed by atoms with Crippen molar-refractivity contribution in [1.29, 1.82) is 0 Å². The molecule has 0 saturated carbocycles. The summed E-state index contributed by atoms with van der Waals surface area (Å²) in [6.45, 7) is 0.615. The predicted molar refractivity (Wildman–Crippen MR) is 34.1 cm³/mol. The zero-order valence-corrected chi connectivity index (χ0v) is 5.65. The molecule has 0 spiro atoms. The summed E-state index contributed by atoms with van der Waals surface area (Å²) in [4.78, 5) is 10.1. The van der Waals surface area contributed by atoms with Crippen LogP contribution in [0.2, 0.25) is 0 Å². The number of hydrogen-bond acceptors (Lipinski definition) is 2. The minimum atomic E-state index is 0.308. The molecule has 2 nitrogen and oxygen atoms in total. The van der Waals surface area contributed by atoms with Crippen LogP contribution in [0.25, 0.3) is 0 Å². The Morgan fingerprint density at radius 3 is 2.89 bits per heavy atom. The molecule has 0 amide bonds. The largest absolute Gasteiger partial charge is 0.489 e. The van der Waals surface area contributed by atoms with Crippen molar-refractivity contribution in [2.24, 2.45) is 0 Å². The SMILES string of the molecule is O=CC1=C(Cl)CCCO1. The van der Waals surface area contributed by atoms with Crippen molar-refractivity contribution >= 4 is 17.9 Å². The maximum atomic E-state index is 10.1. The van der Waals surface area contributed by atoms with Gasteiger partial charge in [-0.2, -0.15) is 0 Å². The molecule has 50 valence electrons. The molecule has 3 heteroatoms. The lowest BCUT2D eigenvalue weighted by Crippen LogP contribution is -2.04. The van der Waals surface area contributed by atoms with Gasteiger partial charge in [0.15, 0.2) is 12.0 Å². The molecule has 0 aliphatic carbocycles. The molecule has 1 aliphatic rings. The molecule has 0 fully saturated rings. The second-order valence-corrected chi connectivity index (χ2v) is 2.30. The van der Waals surface area contributed by atoms with Crippen LogP contribution < -0.4 is 0 Å². The average molecular weight is 147 g/mol. The molecule has 0 saturated heterocycles. The van der Waals surface area contributed by atoms with E-state index in [1.165, 1.54) is 0 Å². The van der Waals surface area contributed by atoms with Gasteiger partial charge >= 0.3 is 0 Å². The van der Waals surface area contributed by atoms with Gasteiger partial charge in [-0.1, -0.05) is 11.6 Å². The highest BCUT2D eigenvalue weighted by Crippen LogP contribution is 2.20. The molecule has 0 aromatic carbocycles. The number of rotatable bonds is 1. The van der Waals surface area contributed by atoms with Gasteiger partial charge in [-0.05, 0) is 12.8 Å². The molecule has 0 N–H and O–H groups in total. The van der Waals surface area contributed by atoms with E-state index in [1.807, 2.05) is 0 Å². The Hall–Kier alpha value is -0.500. The van der Waals surface area contributed by atoms with Crippen molar-refractivity contribution in [3.05, 3.63) is 10.8 Å². The van der Waals surface area contributed by atoms with Crippen LogP contribution in [0.5, 0.6) is 0 Å². The monoisotopic (exact) mass is 146 g/mol. The number of carbonyl (C=O) groups is 1. The highest BCUT2D eigenvalue weighted by molar-refractivity contribution is 6.30. The van der Waals surface area contributed by atoms with E-state index >= 15 is 0 Å². The highest BCUT2D eigenvalue weighted by Gasteiger charge is 2.09. The Kier molecular flexibility index (Phi) is 2.11. The summed E-state index contributed by atoms with van der Waals surface area (Å²) < 4.78 is 4.92. The third kappa shape index (κ3) is 1.45. The van der Waals surface area contributed by atoms with Crippen LogP contribution in [0.4, 0.5) is 0 Å². The van der Waals surface area contributed by atoms with E-state index < -0.39 is 0 Å². The second kappa shape index (κ2) is 2.87. The molecule has 0 unspecified atom stereocenters. The molecule has 1 heterocycles. The summed E-state index contributed by atoms with van der Waals surface area (Å²) >= 11 is 5.61. The zero-order valence-electron chi connectivity index (χ0n) is 4.89. The van der Waals surface area contributed by atoms with E-state index in [1.54, 1.807) is 0 Å². The van der Waals surface area contributed by atoms with E-state index in [4.69, 9.17) is 16.3 Å². The molecule has 0 aromatic heterocycles. The van der Waals surface area contributed by atoms with E-state index in [0.717, 1.165) is 12.8 Å². The summed E-state index contributed by atoms with van der Waals surface area (Å²) in [5.74, 6) is 0.308. The highest BCUT2D eigenvalue weighted by atomic mass is 35.5. The van der Waals surface area contributed by atoms with Gasteiger partial charge in [-0.25, -0.2) is 0 Å². The van der Waals surface area contributed by atoms with Crippen LogP contribution in [-0.2, 0) is 9.53 Å². The topological polar surface area (TPSA) is 26.3 Å². The molecule has 0 radical (unpaired) electrons. The van der Waals surface area contributed by atoms with Crippen LogP contribution in [0.3, 0.4) is 0 Å². The van der Waals surface area contributed by atoms with Gasteiger partial charge in [-0.3, -0.25) is 4.79 Å². The Morgan fingerprint density at radius 2 is 2.44 bits per heavy atom. The van der Waals surface area contributed by atoms with Gasteiger partial charge < -0.3 is 4.74 Å². The summed E-state index contributed by atoms with van der Waals surface area (Å²) in [6, 6.07) is 0. The first-order valence-corrected chi connectivity index (χ1v) is 3.19. The summed E-state index contributed by atoms with van der Waals surface area (Å²) in [6.07, 6.45) is 2.34. The molecular weight excluding hydrogens is 140 g/mol. The Morgan fingerprint density at radius 1 is 1.67 bits per heavy atom. The normalized spacial score (nSPS) is 19.2. The van der Waals surface area contributed by atoms with Crippen molar-refractivity contribution in [3.8, 4) is 0 Å². The smallest absolute Gasteiger partial charge is 0.185 e. The number of aldehydes is 1. The minimum absolute atomic E-state index is 0.308. The summed E-state index contributed by atoms with van der Waals surface area (Å²) in [7, 11) is 0. The van der Waals surface area contributed by atoms with E-state index in [-0.39, 0.29) is 0 Å². The van der Waals surface area contributed by atoms with E-state index in [2.05, 4.69) is 0 Å². The first-order chi connectivity index (χ1) is 4.34. The van der Waals surface area contributed by atoms with E-state index in [0.29, 0.717) is 23.7 Å². The molecular formula is C6H7ClO2. The first kappa shape index (κ1) is 6.62. The zero-order chi connectivity index (χ0) is 6.69. The minimum Gasteiger partial charge on any atom is -0.489 e. The lowest BCUT2D eigenvalue weighted by Gasteiger charge is -2.12. The van der Waals surface area contributed by atoms with Gasteiger partial charge in [0.25, 0.3) is 0 Å². The summed E-state index contributed by atoms with van der Waals surface area (Å²) in [5, 5.41) is 0.552. The van der Waals surface area contributed by atoms with Crippen molar-refractivity contribution in [1.82, 2.24) is 0 Å². The van der Waals surface area contributed by atoms with Crippen LogP contribution in [0, 0.1) is 0 Å². The van der Waals surface area contributed by atoms with Crippen molar-refractivity contribution in [2.45, 2.75) is 12.8 Å². The Balaban J connectivity index is 2.70. The van der Waals surface area contributed by atoms with Crippen LogP contribution in [-0.4, -0.2) is 12.9 Å². The Bertz CT molecular complexity index is 151. The quantitative estimate of drug-likeness (QED) is 0.524. The van der Waals surface area contributed by atoms with Crippen LogP contribution >= 0.6 is 11.6 Å². The van der Waals surface area contributed by atoms with Gasteiger partial charge in [0.1, 0.15) is 0 Å². The number of allylic oxidation sites excluding steroid dienone is 2. The molecule has 0 atom stereocenters. The molecule has 1 rings (SSSR count). The van der Waals surface area contributed by atoms with Crippen LogP contribution in [0.15, 0.2) is 10.8 Å². The molecule has 0 aromatic rings. The second-order valence-electron chi connectivity index (χ2n) is 1.84. The summed E-state index contributed by atoms with van der Waals surface area (Å²) in [5.41, 5.74) is 0.